The molecule has 0 aromatic heterocycles. The highest BCUT2D eigenvalue weighted by atomic mass is 16.4. The fourth-order valence-corrected chi connectivity index (χ4v) is 2.10. The third kappa shape index (κ3) is 0.855. The molecular formula is C7H13NO4. The quantitative estimate of drug-likeness (QED) is 0.278. The van der Waals surface area contributed by atoms with Crippen LogP contribution in [0, 0.1) is 5.92 Å². The normalized spacial score (nSPS) is 59.0. The van der Waals surface area contributed by atoms with Crippen molar-refractivity contribution >= 4 is 0 Å². The van der Waals surface area contributed by atoms with Crippen LogP contribution in [0.4, 0.5) is 0 Å². The minimum atomic E-state index is -1.24. The molecule has 3 unspecified atom stereocenters. The van der Waals surface area contributed by atoms with Crippen LogP contribution in [0.2, 0.25) is 0 Å². The molecule has 12 heavy (non-hydrogen) atoms. The van der Waals surface area contributed by atoms with E-state index >= 15 is 0 Å². The summed E-state index contributed by atoms with van der Waals surface area (Å²) in [5.41, 5.74) is -1.24. The van der Waals surface area contributed by atoms with E-state index in [9.17, 15) is 15.3 Å². The van der Waals surface area contributed by atoms with E-state index < -0.39 is 30.0 Å². The number of rotatable bonds is 0. The minimum Gasteiger partial charge on any atom is -0.390 e. The number of hydrogen-bond acceptors (Lipinski definition) is 5. The molecule has 2 aliphatic rings. The maximum Gasteiger partial charge on any atom is 0.111 e. The van der Waals surface area contributed by atoms with Gasteiger partial charge in [0, 0.05) is 12.5 Å². The first kappa shape index (κ1) is 8.40. The molecule has 0 aromatic rings. The highest BCUT2D eigenvalue weighted by molar-refractivity contribution is 5.13. The van der Waals surface area contributed by atoms with Gasteiger partial charge in [0.15, 0.2) is 0 Å². The lowest BCUT2D eigenvalue weighted by Gasteiger charge is -2.56. The first-order valence-corrected chi connectivity index (χ1v) is 4.05. The first-order valence-electron chi connectivity index (χ1n) is 4.05. The Morgan fingerprint density at radius 2 is 1.92 bits per heavy atom. The Morgan fingerprint density at radius 3 is 2.58 bits per heavy atom. The number of hydrogen-bond donors (Lipinski definition) is 5. The minimum absolute atomic E-state index is 0.136. The molecule has 5 heteroatoms. The predicted molar refractivity (Wildman–Crippen MR) is 39.1 cm³/mol. The van der Waals surface area contributed by atoms with Crippen molar-refractivity contribution in [3.8, 4) is 0 Å². The molecule has 5 nitrogen and oxygen atoms in total. The third-order valence-corrected chi connectivity index (χ3v) is 2.99. The third-order valence-electron chi connectivity index (χ3n) is 2.99. The molecular weight excluding hydrogens is 162 g/mol. The number of piperidine rings is 1. The van der Waals surface area contributed by atoms with Crippen LogP contribution in [0.15, 0.2) is 0 Å². The number of β-amino-alcohol motifs (C(OH)–C–C–N with tert-alkyl or cyclic N) is 1. The van der Waals surface area contributed by atoms with Gasteiger partial charge in [0.2, 0.25) is 0 Å². The van der Waals surface area contributed by atoms with Gasteiger partial charge in [-0.1, -0.05) is 0 Å². The van der Waals surface area contributed by atoms with Gasteiger partial charge >= 0.3 is 0 Å². The van der Waals surface area contributed by atoms with Gasteiger partial charge in [0.05, 0.1) is 6.10 Å². The Kier molecular flexibility index (Phi) is 1.68. The molecule has 1 aliphatic carbocycles. The second kappa shape index (κ2) is 2.40. The average Bonchev–Trinajstić information content (AvgIpc) is 2.08. The molecule has 0 amide bonds. The predicted octanol–water partition coefficient (Wildman–Crippen LogP) is -2.62. The van der Waals surface area contributed by atoms with Crippen LogP contribution >= 0.6 is 0 Å². The van der Waals surface area contributed by atoms with E-state index in [0.717, 1.165) is 0 Å². The number of aliphatic hydroxyl groups excluding tert-OH is 3. The van der Waals surface area contributed by atoms with Crippen molar-refractivity contribution in [1.82, 2.24) is 5.32 Å². The molecule has 0 radical (unpaired) electrons. The van der Waals surface area contributed by atoms with Crippen LogP contribution < -0.4 is 5.32 Å². The second-order valence-electron chi connectivity index (χ2n) is 3.67. The van der Waals surface area contributed by atoms with E-state index in [1.807, 2.05) is 0 Å². The lowest BCUT2D eigenvalue weighted by molar-refractivity contribution is -0.278. The summed E-state index contributed by atoms with van der Waals surface area (Å²) in [6, 6.07) is 0. The first-order chi connectivity index (χ1) is 5.55. The maximum absolute atomic E-state index is 9.70. The molecule has 0 bridgehead atoms. The van der Waals surface area contributed by atoms with Crippen LogP contribution in [-0.4, -0.2) is 51.0 Å². The van der Waals surface area contributed by atoms with Gasteiger partial charge < -0.3 is 20.4 Å². The summed E-state index contributed by atoms with van der Waals surface area (Å²) in [5.74, 6) is -0.399. The molecule has 2 rings (SSSR count). The summed E-state index contributed by atoms with van der Waals surface area (Å²) in [6.45, 7) is 0.136. The van der Waals surface area contributed by atoms with Crippen molar-refractivity contribution in [3.63, 3.8) is 0 Å². The maximum atomic E-state index is 9.70. The molecule has 1 heterocycles. The van der Waals surface area contributed by atoms with Crippen LogP contribution in [-0.2, 0) is 0 Å². The highest BCUT2D eigenvalue weighted by Gasteiger charge is 2.62. The molecule has 70 valence electrons. The van der Waals surface area contributed by atoms with Gasteiger partial charge in [-0.25, -0.2) is 0 Å². The summed E-state index contributed by atoms with van der Waals surface area (Å²) in [4.78, 5) is 0. The largest absolute Gasteiger partial charge is 0.390 e. The van der Waals surface area contributed by atoms with Gasteiger partial charge in [0.25, 0.3) is 0 Å². The van der Waals surface area contributed by atoms with Gasteiger partial charge in [-0.2, -0.15) is 0 Å². The van der Waals surface area contributed by atoms with E-state index in [4.69, 9.17) is 5.11 Å². The second-order valence-corrected chi connectivity index (χ2v) is 3.67. The molecule has 5 atom stereocenters. The molecule has 2 fully saturated rings. The summed E-state index contributed by atoms with van der Waals surface area (Å²) in [6.07, 6.45) is -2.37. The van der Waals surface area contributed by atoms with Crippen molar-refractivity contribution in [2.24, 2.45) is 5.92 Å². The van der Waals surface area contributed by atoms with Gasteiger partial charge in [-0.15, -0.1) is 0 Å². The molecule has 1 aliphatic heterocycles. The Bertz CT molecular complexity index is 200. The van der Waals surface area contributed by atoms with Crippen LogP contribution in [0.25, 0.3) is 0 Å². The monoisotopic (exact) mass is 175 g/mol. The average molecular weight is 175 g/mol. The highest BCUT2D eigenvalue weighted by Crippen LogP contribution is 2.43. The van der Waals surface area contributed by atoms with E-state index in [2.05, 4.69) is 5.32 Å². The zero-order valence-electron chi connectivity index (χ0n) is 6.51. The Morgan fingerprint density at radius 1 is 1.25 bits per heavy atom. The number of fused-ring (bicyclic) bond motifs is 1. The van der Waals surface area contributed by atoms with E-state index in [0.29, 0.717) is 0 Å². The summed E-state index contributed by atoms with van der Waals surface area (Å²) < 4.78 is 0. The number of aliphatic hydroxyl groups is 4. The summed E-state index contributed by atoms with van der Waals surface area (Å²) in [5, 5.41) is 40.0. The Hall–Kier alpha value is -0.200. The van der Waals surface area contributed by atoms with Crippen molar-refractivity contribution in [1.29, 1.82) is 0 Å². The van der Waals surface area contributed by atoms with Gasteiger partial charge in [0.1, 0.15) is 17.9 Å². The van der Waals surface area contributed by atoms with Crippen molar-refractivity contribution in [2.75, 3.05) is 6.54 Å². The fourth-order valence-electron chi connectivity index (χ4n) is 2.10. The van der Waals surface area contributed by atoms with Gasteiger partial charge in [-0.3, -0.25) is 5.32 Å². The van der Waals surface area contributed by atoms with Crippen molar-refractivity contribution in [2.45, 2.75) is 30.5 Å². The SMILES string of the molecule is OC1[C@@H](O)C2C[C@@H](O)NCC12O. The molecule has 1 saturated carbocycles. The molecule has 0 spiro atoms. The van der Waals surface area contributed by atoms with Crippen LogP contribution in [0.3, 0.4) is 0 Å². The zero-order valence-corrected chi connectivity index (χ0v) is 6.51. The van der Waals surface area contributed by atoms with E-state index in [-0.39, 0.29) is 13.0 Å². The summed E-state index contributed by atoms with van der Waals surface area (Å²) in [7, 11) is 0. The van der Waals surface area contributed by atoms with Crippen LogP contribution in [0.5, 0.6) is 0 Å². The molecule has 1 saturated heterocycles. The fraction of sp³-hybridized carbons (Fsp3) is 1.00. The van der Waals surface area contributed by atoms with E-state index in [1.54, 1.807) is 0 Å². The van der Waals surface area contributed by atoms with Crippen molar-refractivity contribution < 1.29 is 20.4 Å². The van der Waals surface area contributed by atoms with Gasteiger partial charge in [-0.05, 0) is 6.42 Å². The standard InChI is InChI=1S/C7H13NO4/c9-4-1-3-5(10)6(11)7(3,12)2-8-4/h3-6,8-12H,1-2H2/t3?,4-,5+,6?,7?/m1/s1. The lowest BCUT2D eigenvalue weighted by atomic mass is 9.61. The molecule has 0 aromatic carbocycles. The Labute approximate surface area is 69.6 Å². The zero-order chi connectivity index (χ0) is 8.93. The van der Waals surface area contributed by atoms with Crippen LogP contribution in [0.1, 0.15) is 6.42 Å². The summed E-state index contributed by atoms with van der Waals surface area (Å²) >= 11 is 0. The van der Waals surface area contributed by atoms with Crippen molar-refractivity contribution in [3.05, 3.63) is 0 Å². The lowest BCUT2D eigenvalue weighted by Crippen LogP contribution is -2.76. The Balaban J connectivity index is 2.11. The smallest absolute Gasteiger partial charge is 0.111 e. The number of nitrogens with one attached hydrogen (secondary N) is 1. The topological polar surface area (TPSA) is 93.0 Å². The van der Waals surface area contributed by atoms with E-state index in [1.165, 1.54) is 0 Å². The molecule has 5 N–H and O–H groups in total.